The topological polar surface area (TPSA) is 58.6 Å². The van der Waals surface area contributed by atoms with Crippen LogP contribution in [0.3, 0.4) is 0 Å². The minimum absolute atomic E-state index is 0.115. The monoisotopic (exact) mass is 340 g/mol. The average molecular weight is 340 g/mol. The van der Waals surface area contributed by atoms with Gasteiger partial charge in [-0.25, -0.2) is 4.79 Å². The van der Waals surface area contributed by atoms with Gasteiger partial charge in [-0.1, -0.05) is 12.1 Å². The van der Waals surface area contributed by atoms with Gasteiger partial charge in [-0.05, 0) is 37.5 Å². The number of hydrogen-bond acceptors (Lipinski definition) is 5. The van der Waals surface area contributed by atoms with Crippen LogP contribution in [-0.2, 0) is 14.3 Å². The highest BCUT2D eigenvalue weighted by atomic mass is 16.5. The molecule has 1 N–H and O–H groups in total. The third-order valence-corrected chi connectivity index (χ3v) is 4.92. The summed E-state index contributed by atoms with van der Waals surface area (Å²) < 4.78 is 5.01. The second-order valence-electron chi connectivity index (χ2n) is 6.74. The molecule has 5 nitrogen and oxygen atoms in total. The molecule has 3 rings (SSSR count). The molecule has 132 valence electrons. The molecule has 1 aliphatic carbocycles. The maximum Gasteiger partial charge on any atom is 0.336 e. The molecular weight excluding hydrogens is 316 g/mol. The largest absolute Gasteiger partial charge is 0.466 e. The lowest BCUT2D eigenvalue weighted by atomic mass is 9.75. The molecule has 0 unspecified atom stereocenters. The van der Waals surface area contributed by atoms with Gasteiger partial charge in [0.25, 0.3) is 0 Å². The zero-order chi connectivity index (χ0) is 18.1. The number of esters is 1. The van der Waals surface area contributed by atoms with Gasteiger partial charge in [0.15, 0.2) is 5.78 Å². The van der Waals surface area contributed by atoms with E-state index < -0.39 is 5.97 Å². The summed E-state index contributed by atoms with van der Waals surface area (Å²) in [6.45, 7) is 1.87. The summed E-state index contributed by atoms with van der Waals surface area (Å²) in [7, 11) is 5.34. The summed E-state index contributed by atoms with van der Waals surface area (Å²) in [6, 6.07) is 8.01. The van der Waals surface area contributed by atoms with Gasteiger partial charge >= 0.3 is 5.97 Å². The Hall–Kier alpha value is -2.56. The number of nitrogens with one attached hydrogen (secondary N) is 1. The first kappa shape index (κ1) is 17.3. The molecule has 0 spiro atoms. The fraction of sp³-hybridized carbons (Fsp3) is 0.400. The quantitative estimate of drug-likeness (QED) is 0.858. The number of anilines is 1. The third-order valence-electron chi connectivity index (χ3n) is 4.92. The van der Waals surface area contributed by atoms with Crippen LogP contribution in [0.25, 0.3) is 0 Å². The second kappa shape index (κ2) is 6.75. The summed E-state index contributed by atoms with van der Waals surface area (Å²) in [5.74, 6) is -0.645. The number of ether oxygens (including phenoxy) is 1. The van der Waals surface area contributed by atoms with Crippen LogP contribution in [-0.4, -0.2) is 33.0 Å². The lowest BCUT2D eigenvalue weighted by Crippen LogP contribution is -2.34. The van der Waals surface area contributed by atoms with E-state index in [1.807, 2.05) is 50.2 Å². The van der Waals surface area contributed by atoms with Crippen molar-refractivity contribution in [1.82, 2.24) is 5.32 Å². The highest BCUT2D eigenvalue weighted by Crippen LogP contribution is 2.42. The zero-order valence-corrected chi connectivity index (χ0v) is 15.2. The molecule has 2 aliphatic rings. The van der Waals surface area contributed by atoms with Crippen molar-refractivity contribution in [2.45, 2.75) is 32.1 Å². The van der Waals surface area contributed by atoms with Gasteiger partial charge in [0, 0.05) is 49.1 Å². The Morgan fingerprint density at radius 3 is 2.48 bits per heavy atom. The molecule has 1 aliphatic heterocycles. The van der Waals surface area contributed by atoms with Gasteiger partial charge in [-0.2, -0.15) is 0 Å². The van der Waals surface area contributed by atoms with Crippen LogP contribution in [0.5, 0.6) is 0 Å². The molecule has 1 heterocycles. The summed E-state index contributed by atoms with van der Waals surface area (Å²) in [5, 5.41) is 3.27. The fourth-order valence-corrected chi connectivity index (χ4v) is 3.66. The summed E-state index contributed by atoms with van der Waals surface area (Å²) in [4.78, 5) is 27.1. The molecule has 0 radical (unpaired) electrons. The lowest BCUT2D eigenvalue weighted by molar-refractivity contribution is -0.136. The van der Waals surface area contributed by atoms with Gasteiger partial charge in [-0.15, -0.1) is 0 Å². The number of Topliss-reactive ketones (excluding diaryl/α,β-unsaturated/α-hetero) is 1. The Morgan fingerprint density at radius 1 is 1.20 bits per heavy atom. The van der Waals surface area contributed by atoms with Crippen molar-refractivity contribution < 1.29 is 14.3 Å². The smallest absolute Gasteiger partial charge is 0.336 e. The Labute approximate surface area is 148 Å². The van der Waals surface area contributed by atoms with Gasteiger partial charge < -0.3 is 15.0 Å². The standard InChI is InChI=1S/C20H24N2O3/c1-12-17(20(24)25-4)18(13-8-10-14(11-9-13)22(2)3)19-15(21-12)6-5-7-16(19)23/h8-11,18,21H,5-7H2,1-4H3/t18-/m0/s1. The first-order valence-electron chi connectivity index (χ1n) is 8.53. The normalized spacial score (nSPS) is 20.2. The van der Waals surface area contributed by atoms with E-state index in [9.17, 15) is 9.59 Å². The fourth-order valence-electron chi connectivity index (χ4n) is 3.66. The van der Waals surface area contributed by atoms with Crippen LogP contribution in [0.4, 0.5) is 5.69 Å². The predicted octanol–water partition coefficient (Wildman–Crippen LogP) is 2.89. The first-order valence-corrected chi connectivity index (χ1v) is 8.53. The van der Waals surface area contributed by atoms with Crippen LogP contribution in [0.2, 0.25) is 0 Å². The number of dihydropyridines is 1. The number of hydrogen-bond donors (Lipinski definition) is 1. The maximum atomic E-state index is 12.7. The van der Waals surface area contributed by atoms with Gasteiger partial charge in [0.05, 0.1) is 12.7 Å². The number of carbonyl (C=O) groups is 2. The SMILES string of the molecule is COC(=O)C1=C(C)NC2=C(C(=O)CCC2)[C@H]1c1ccc(N(C)C)cc1. The molecule has 0 saturated heterocycles. The van der Waals surface area contributed by atoms with Crippen molar-refractivity contribution in [3.05, 3.63) is 52.4 Å². The molecular formula is C20H24N2O3. The zero-order valence-electron chi connectivity index (χ0n) is 15.2. The average Bonchev–Trinajstić information content (AvgIpc) is 2.60. The van der Waals surface area contributed by atoms with Crippen LogP contribution in [0.15, 0.2) is 46.8 Å². The van der Waals surface area contributed by atoms with E-state index >= 15 is 0 Å². The van der Waals surface area contributed by atoms with Gasteiger partial charge in [0.1, 0.15) is 0 Å². The Balaban J connectivity index is 2.14. The van der Waals surface area contributed by atoms with Crippen molar-refractivity contribution in [3.8, 4) is 0 Å². The van der Waals surface area contributed by atoms with Crippen molar-refractivity contribution in [2.24, 2.45) is 0 Å². The molecule has 0 saturated carbocycles. The first-order chi connectivity index (χ1) is 11.9. The van der Waals surface area contributed by atoms with E-state index in [-0.39, 0.29) is 11.7 Å². The predicted molar refractivity (Wildman–Crippen MR) is 97.2 cm³/mol. The highest BCUT2D eigenvalue weighted by Gasteiger charge is 2.38. The Kier molecular flexibility index (Phi) is 4.66. The molecule has 25 heavy (non-hydrogen) atoms. The van der Waals surface area contributed by atoms with E-state index in [0.717, 1.165) is 41.1 Å². The number of ketones is 1. The summed E-state index contributed by atoms with van der Waals surface area (Å²) in [5.41, 5.74) is 4.96. The van der Waals surface area contributed by atoms with Crippen LogP contribution < -0.4 is 10.2 Å². The lowest BCUT2D eigenvalue weighted by Gasteiger charge is -2.34. The Bertz CT molecular complexity index is 773. The molecule has 1 aromatic rings. The minimum Gasteiger partial charge on any atom is -0.466 e. The van der Waals surface area contributed by atoms with E-state index in [1.165, 1.54) is 7.11 Å². The summed E-state index contributed by atoms with van der Waals surface area (Å²) >= 11 is 0. The molecule has 0 fully saturated rings. The van der Waals surface area contributed by atoms with Crippen molar-refractivity contribution in [3.63, 3.8) is 0 Å². The van der Waals surface area contributed by atoms with Gasteiger partial charge in [0.2, 0.25) is 0 Å². The highest BCUT2D eigenvalue weighted by molar-refractivity contribution is 6.03. The molecule has 1 aromatic carbocycles. The van der Waals surface area contributed by atoms with Crippen LogP contribution >= 0.6 is 0 Å². The van der Waals surface area contributed by atoms with Crippen molar-refractivity contribution in [2.75, 3.05) is 26.1 Å². The third kappa shape index (κ3) is 3.06. The molecule has 1 atom stereocenters. The van der Waals surface area contributed by atoms with E-state index in [1.54, 1.807) is 0 Å². The minimum atomic E-state index is -0.392. The second-order valence-corrected chi connectivity index (χ2v) is 6.74. The number of nitrogens with zero attached hydrogens (tertiary/aromatic N) is 1. The number of allylic oxidation sites excluding steroid dienone is 3. The molecule has 0 bridgehead atoms. The number of methoxy groups -OCH3 is 1. The molecule has 0 aromatic heterocycles. The van der Waals surface area contributed by atoms with E-state index in [0.29, 0.717) is 12.0 Å². The Morgan fingerprint density at radius 2 is 1.88 bits per heavy atom. The number of benzene rings is 1. The van der Waals surface area contributed by atoms with Crippen molar-refractivity contribution in [1.29, 1.82) is 0 Å². The van der Waals surface area contributed by atoms with Crippen LogP contribution in [0.1, 0.15) is 37.7 Å². The van der Waals surface area contributed by atoms with Gasteiger partial charge in [-0.3, -0.25) is 4.79 Å². The van der Waals surface area contributed by atoms with Crippen LogP contribution in [0, 0.1) is 0 Å². The molecule has 0 amide bonds. The number of carbonyl (C=O) groups excluding carboxylic acids is 2. The van der Waals surface area contributed by atoms with E-state index in [2.05, 4.69) is 5.32 Å². The summed E-state index contributed by atoms with van der Waals surface area (Å²) in [6.07, 6.45) is 2.21. The van der Waals surface area contributed by atoms with Crippen molar-refractivity contribution >= 4 is 17.4 Å². The number of rotatable bonds is 3. The van der Waals surface area contributed by atoms with E-state index in [4.69, 9.17) is 4.74 Å². The maximum absolute atomic E-state index is 12.7. The molecule has 5 heteroatoms.